The predicted octanol–water partition coefficient (Wildman–Crippen LogP) is 3.94. The van der Waals surface area contributed by atoms with Crippen molar-refractivity contribution in [1.29, 1.82) is 0 Å². The van der Waals surface area contributed by atoms with E-state index in [0.29, 0.717) is 27.1 Å². The Labute approximate surface area is 191 Å². The standard InChI is InChI=1S/C22H24Cl2N4O3/c1-13-8-9-15(23)22(21(13)24)26-19(30)11-27(3)12-20(31)28-14(2)10-18(29)25-16-6-4-5-7-17(16)28/h4-9,14H,10-12H2,1-3H3,(H,25,29)(H,26,30)/t14-/m0/s1. The molecule has 1 aliphatic heterocycles. The van der Waals surface area contributed by atoms with E-state index < -0.39 is 0 Å². The molecular weight excluding hydrogens is 439 g/mol. The number of amides is 3. The van der Waals surface area contributed by atoms with Crippen LogP contribution in [0.15, 0.2) is 36.4 Å². The number of likely N-dealkylation sites (N-methyl/N-ethyl adjacent to an activating group) is 1. The zero-order valence-corrected chi connectivity index (χ0v) is 19.0. The minimum absolute atomic E-state index is 0.00440. The predicted molar refractivity (Wildman–Crippen MR) is 124 cm³/mol. The van der Waals surface area contributed by atoms with Crippen LogP contribution in [0.3, 0.4) is 0 Å². The first-order valence-corrected chi connectivity index (χ1v) is 10.6. The van der Waals surface area contributed by atoms with E-state index in [1.54, 1.807) is 47.2 Å². The van der Waals surface area contributed by atoms with Crippen molar-refractivity contribution in [2.45, 2.75) is 26.3 Å². The van der Waals surface area contributed by atoms with Gasteiger partial charge in [-0.15, -0.1) is 0 Å². The third kappa shape index (κ3) is 5.36. The molecule has 31 heavy (non-hydrogen) atoms. The van der Waals surface area contributed by atoms with Crippen LogP contribution in [0.5, 0.6) is 0 Å². The minimum Gasteiger partial charge on any atom is -0.324 e. The number of carbonyl (C=O) groups excluding carboxylic acids is 3. The number of anilines is 3. The Kier molecular flexibility index (Phi) is 7.20. The topological polar surface area (TPSA) is 81.8 Å². The van der Waals surface area contributed by atoms with Gasteiger partial charge in [-0.25, -0.2) is 0 Å². The van der Waals surface area contributed by atoms with Gasteiger partial charge in [0, 0.05) is 12.5 Å². The third-order valence-electron chi connectivity index (χ3n) is 5.00. The molecule has 0 saturated heterocycles. The molecule has 3 amide bonds. The molecule has 3 rings (SSSR count). The summed E-state index contributed by atoms with van der Waals surface area (Å²) in [5.74, 6) is -0.695. The lowest BCUT2D eigenvalue weighted by Gasteiger charge is -2.29. The van der Waals surface area contributed by atoms with Crippen LogP contribution in [-0.4, -0.2) is 48.8 Å². The molecule has 1 atom stereocenters. The maximum absolute atomic E-state index is 13.1. The van der Waals surface area contributed by atoms with E-state index in [1.807, 2.05) is 19.9 Å². The number of aryl methyl sites for hydroxylation is 1. The number of carbonyl (C=O) groups is 3. The van der Waals surface area contributed by atoms with Gasteiger partial charge in [-0.2, -0.15) is 0 Å². The number of nitrogens with one attached hydrogen (secondary N) is 2. The summed E-state index contributed by atoms with van der Waals surface area (Å²) in [5.41, 5.74) is 2.38. The van der Waals surface area contributed by atoms with E-state index in [0.717, 1.165) is 5.56 Å². The molecule has 0 bridgehead atoms. The Balaban J connectivity index is 1.69. The second-order valence-corrected chi connectivity index (χ2v) is 8.44. The van der Waals surface area contributed by atoms with Crippen molar-refractivity contribution in [1.82, 2.24) is 4.90 Å². The van der Waals surface area contributed by atoms with Gasteiger partial charge in [-0.3, -0.25) is 19.3 Å². The Morgan fingerprint density at radius 3 is 2.65 bits per heavy atom. The maximum atomic E-state index is 13.1. The van der Waals surface area contributed by atoms with Crippen LogP contribution in [0, 0.1) is 6.92 Å². The van der Waals surface area contributed by atoms with Crippen LogP contribution >= 0.6 is 23.2 Å². The molecule has 164 valence electrons. The summed E-state index contributed by atoms with van der Waals surface area (Å²) in [6, 6.07) is 10.3. The fourth-order valence-corrected chi connectivity index (χ4v) is 3.99. The number of halogens is 2. The summed E-state index contributed by atoms with van der Waals surface area (Å²) in [6.07, 6.45) is 0.189. The zero-order valence-electron chi connectivity index (χ0n) is 17.5. The molecule has 2 N–H and O–H groups in total. The van der Waals surface area contributed by atoms with Crippen molar-refractivity contribution < 1.29 is 14.4 Å². The molecule has 0 aliphatic carbocycles. The molecule has 1 heterocycles. The molecule has 1 aliphatic rings. The van der Waals surface area contributed by atoms with Crippen LogP contribution in [0.4, 0.5) is 17.1 Å². The number of hydrogen-bond donors (Lipinski definition) is 2. The monoisotopic (exact) mass is 462 g/mol. The smallest absolute Gasteiger partial charge is 0.241 e. The van der Waals surface area contributed by atoms with Crippen molar-refractivity contribution in [3.8, 4) is 0 Å². The molecule has 0 aromatic heterocycles. The Hall–Kier alpha value is -2.61. The lowest BCUT2D eigenvalue weighted by atomic mass is 10.1. The van der Waals surface area contributed by atoms with Crippen molar-refractivity contribution in [3.05, 3.63) is 52.0 Å². The summed E-state index contributed by atoms with van der Waals surface area (Å²) in [7, 11) is 1.68. The zero-order chi connectivity index (χ0) is 22.7. The van der Waals surface area contributed by atoms with Gasteiger partial charge in [0.05, 0.1) is 40.2 Å². The van der Waals surface area contributed by atoms with Crippen LogP contribution in [0.1, 0.15) is 18.9 Å². The Bertz CT molecular complexity index is 1030. The summed E-state index contributed by atoms with van der Waals surface area (Å²) >= 11 is 12.4. The van der Waals surface area contributed by atoms with Crippen LogP contribution < -0.4 is 15.5 Å². The molecule has 0 radical (unpaired) electrons. The van der Waals surface area contributed by atoms with Gasteiger partial charge in [0.2, 0.25) is 17.7 Å². The van der Waals surface area contributed by atoms with Crippen molar-refractivity contribution in [2.24, 2.45) is 0 Å². The molecule has 2 aromatic rings. The highest BCUT2D eigenvalue weighted by molar-refractivity contribution is 6.40. The highest BCUT2D eigenvalue weighted by atomic mass is 35.5. The summed E-state index contributed by atoms with van der Waals surface area (Å²) < 4.78 is 0. The van der Waals surface area contributed by atoms with E-state index in [2.05, 4.69) is 10.6 Å². The van der Waals surface area contributed by atoms with Crippen molar-refractivity contribution in [2.75, 3.05) is 35.7 Å². The molecule has 7 nitrogen and oxygen atoms in total. The number of nitrogens with zero attached hydrogens (tertiary/aromatic N) is 2. The summed E-state index contributed by atoms with van der Waals surface area (Å²) in [6.45, 7) is 3.61. The number of para-hydroxylation sites is 2. The largest absolute Gasteiger partial charge is 0.324 e. The molecule has 9 heteroatoms. The van der Waals surface area contributed by atoms with E-state index >= 15 is 0 Å². The molecule has 2 aromatic carbocycles. The first-order chi connectivity index (χ1) is 14.7. The third-order valence-corrected chi connectivity index (χ3v) is 5.80. The van der Waals surface area contributed by atoms with Gasteiger partial charge >= 0.3 is 0 Å². The molecule has 0 fully saturated rings. The average Bonchev–Trinajstić information content (AvgIpc) is 2.82. The van der Waals surface area contributed by atoms with E-state index in [-0.39, 0.29) is 43.3 Å². The van der Waals surface area contributed by atoms with Gasteiger partial charge in [0.15, 0.2) is 0 Å². The molecule has 0 saturated carbocycles. The number of rotatable bonds is 5. The van der Waals surface area contributed by atoms with Gasteiger partial charge in [-0.1, -0.05) is 41.4 Å². The fourth-order valence-electron chi connectivity index (χ4n) is 3.53. The van der Waals surface area contributed by atoms with Gasteiger partial charge < -0.3 is 15.5 Å². The fraction of sp³-hybridized carbons (Fsp3) is 0.318. The second kappa shape index (κ2) is 9.68. The van der Waals surface area contributed by atoms with Crippen LogP contribution in [-0.2, 0) is 14.4 Å². The van der Waals surface area contributed by atoms with E-state index in [4.69, 9.17) is 23.2 Å². The number of benzene rings is 2. The highest BCUT2D eigenvalue weighted by Crippen LogP contribution is 2.33. The highest BCUT2D eigenvalue weighted by Gasteiger charge is 2.30. The normalized spacial score (nSPS) is 15.9. The lowest BCUT2D eigenvalue weighted by Crippen LogP contribution is -2.45. The van der Waals surface area contributed by atoms with Crippen molar-refractivity contribution in [3.63, 3.8) is 0 Å². The van der Waals surface area contributed by atoms with Gasteiger partial charge in [0.1, 0.15) is 0 Å². The molecule has 0 unspecified atom stereocenters. The first kappa shape index (κ1) is 23.1. The lowest BCUT2D eigenvalue weighted by molar-refractivity contribution is -0.121. The van der Waals surface area contributed by atoms with Crippen molar-refractivity contribution >= 4 is 58.0 Å². The summed E-state index contributed by atoms with van der Waals surface area (Å²) in [5, 5.41) is 6.27. The quantitative estimate of drug-likeness (QED) is 0.704. The van der Waals surface area contributed by atoms with Crippen LogP contribution in [0.25, 0.3) is 0 Å². The molecule has 0 spiro atoms. The van der Waals surface area contributed by atoms with Crippen LogP contribution in [0.2, 0.25) is 10.0 Å². The number of fused-ring (bicyclic) bond motifs is 1. The average molecular weight is 463 g/mol. The van der Waals surface area contributed by atoms with Gasteiger partial charge in [0.25, 0.3) is 0 Å². The minimum atomic E-state index is -0.342. The van der Waals surface area contributed by atoms with E-state index in [9.17, 15) is 14.4 Å². The molecular formula is C22H24Cl2N4O3. The van der Waals surface area contributed by atoms with Gasteiger partial charge in [-0.05, 0) is 44.7 Å². The van der Waals surface area contributed by atoms with E-state index in [1.165, 1.54) is 0 Å². The Morgan fingerprint density at radius 1 is 1.19 bits per heavy atom. The number of hydrogen-bond acceptors (Lipinski definition) is 4. The summed E-state index contributed by atoms with van der Waals surface area (Å²) in [4.78, 5) is 40.9. The SMILES string of the molecule is Cc1ccc(Cl)c(NC(=O)CN(C)CC(=O)N2c3ccccc3NC(=O)C[C@@H]2C)c1Cl. The first-order valence-electron chi connectivity index (χ1n) is 9.81. The second-order valence-electron chi connectivity index (χ2n) is 7.66. The Morgan fingerprint density at radius 2 is 1.90 bits per heavy atom. The maximum Gasteiger partial charge on any atom is 0.241 e.